The minimum atomic E-state index is 0.636. The first-order chi connectivity index (χ1) is 6.83. The second-order valence-corrected chi connectivity index (χ2v) is 5.07. The van der Waals surface area contributed by atoms with Crippen molar-refractivity contribution in [3.05, 3.63) is 22.7 Å². The predicted octanol–water partition coefficient (Wildman–Crippen LogP) is 3.07. The molecule has 1 unspecified atom stereocenters. The third kappa shape index (κ3) is 1.50. The second kappa shape index (κ2) is 3.16. The molecule has 0 bridgehead atoms. The number of hydrogen-bond acceptors (Lipinski definition) is 2. The largest absolute Gasteiger partial charge is 0.381 e. The third-order valence-corrected chi connectivity index (χ3v) is 3.52. The van der Waals surface area contributed by atoms with Gasteiger partial charge in [0.05, 0.1) is 11.4 Å². The summed E-state index contributed by atoms with van der Waals surface area (Å²) in [6, 6.07) is 6.98. The van der Waals surface area contributed by atoms with Crippen molar-refractivity contribution in [2.75, 3.05) is 17.2 Å². The van der Waals surface area contributed by atoms with Crippen LogP contribution in [0.1, 0.15) is 12.8 Å². The van der Waals surface area contributed by atoms with Gasteiger partial charge in [0.25, 0.3) is 0 Å². The Balaban J connectivity index is 1.88. The zero-order chi connectivity index (χ0) is 9.54. The molecule has 1 heterocycles. The van der Waals surface area contributed by atoms with Crippen LogP contribution in [-0.4, -0.2) is 12.6 Å². The summed E-state index contributed by atoms with van der Waals surface area (Å²) in [5.74, 6) is 0.898. The molecule has 0 saturated heterocycles. The van der Waals surface area contributed by atoms with E-state index >= 15 is 0 Å². The number of benzene rings is 1. The zero-order valence-corrected chi connectivity index (χ0v) is 9.47. The minimum absolute atomic E-state index is 0.636. The molecule has 14 heavy (non-hydrogen) atoms. The maximum Gasteiger partial charge on any atom is 0.0590 e. The number of nitrogens with one attached hydrogen (secondary N) is 2. The summed E-state index contributed by atoms with van der Waals surface area (Å²) in [5, 5.41) is 7.09. The smallest absolute Gasteiger partial charge is 0.0590 e. The van der Waals surface area contributed by atoms with E-state index in [1.165, 1.54) is 24.2 Å². The standard InChI is InChI=1S/C11H13BrN2/c12-8-3-4-9-10(5-8)14-11(6-13-9)7-1-2-7/h3-5,7,11,13-14H,1-2,6H2. The first-order valence-electron chi connectivity index (χ1n) is 5.13. The Morgan fingerprint density at radius 2 is 2.07 bits per heavy atom. The van der Waals surface area contributed by atoms with Crippen LogP contribution in [0.3, 0.4) is 0 Å². The molecule has 3 heteroatoms. The van der Waals surface area contributed by atoms with Crippen molar-refractivity contribution in [2.45, 2.75) is 18.9 Å². The first-order valence-corrected chi connectivity index (χ1v) is 5.92. The summed E-state index contributed by atoms with van der Waals surface area (Å²) in [4.78, 5) is 0. The molecular formula is C11H13BrN2. The molecule has 0 amide bonds. The monoisotopic (exact) mass is 252 g/mol. The van der Waals surface area contributed by atoms with Gasteiger partial charge in [0.15, 0.2) is 0 Å². The Morgan fingerprint density at radius 3 is 2.86 bits per heavy atom. The molecule has 2 N–H and O–H groups in total. The van der Waals surface area contributed by atoms with Crippen molar-refractivity contribution < 1.29 is 0 Å². The van der Waals surface area contributed by atoms with E-state index < -0.39 is 0 Å². The van der Waals surface area contributed by atoms with Crippen LogP contribution < -0.4 is 10.6 Å². The van der Waals surface area contributed by atoms with Gasteiger partial charge in [-0.3, -0.25) is 0 Å². The van der Waals surface area contributed by atoms with Crippen molar-refractivity contribution in [2.24, 2.45) is 5.92 Å². The maximum absolute atomic E-state index is 3.61. The van der Waals surface area contributed by atoms with E-state index in [4.69, 9.17) is 0 Å². The van der Waals surface area contributed by atoms with Gasteiger partial charge in [-0.25, -0.2) is 0 Å². The van der Waals surface area contributed by atoms with Gasteiger partial charge in [0.1, 0.15) is 0 Å². The van der Waals surface area contributed by atoms with Crippen LogP contribution in [0.25, 0.3) is 0 Å². The molecule has 2 nitrogen and oxygen atoms in total. The highest BCUT2D eigenvalue weighted by atomic mass is 79.9. The molecule has 74 valence electrons. The second-order valence-electron chi connectivity index (χ2n) is 4.16. The summed E-state index contributed by atoms with van der Waals surface area (Å²) in [5.41, 5.74) is 2.47. The topological polar surface area (TPSA) is 24.1 Å². The van der Waals surface area contributed by atoms with Crippen molar-refractivity contribution >= 4 is 27.3 Å². The normalized spacial score (nSPS) is 24.8. The first kappa shape index (κ1) is 8.60. The fourth-order valence-electron chi connectivity index (χ4n) is 2.04. The number of anilines is 2. The summed E-state index contributed by atoms with van der Waals surface area (Å²) < 4.78 is 1.14. The van der Waals surface area contributed by atoms with Crippen LogP contribution in [0.5, 0.6) is 0 Å². The quantitative estimate of drug-likeness (QED) is 0.803. The van der Waals surface area contributed by atoms with Gasteiger partial charge >= 0.3 is 0 Å². The van der Waals surface area contributed by atoms with Crippen LogP contribution in [-0.2, 0) is 0 Å². The highest BCUT2D eigenvalue weighted by molar-refractivity contribution is 9.10. The third-order valence-electron chi connectivity index (χ3n) is 3.03. The van der Waals surface area contributed by atoms with Crippen LogP contribution in [0.15, 0.2) is 22.7 Å². The van der Waals surface area contributed by atoms with Crippen LogP contribution in [0.2, 0.25) is 0 Å². The lowest BCUT2D eigenvalue weighted by molar-refractivity contribution is 0.653. The van der Waals surface area contributed by atoms with Crippen molar-refractivity contribution in [3.8, 4) is 0 Å². The van der Waals surface area contributed by atoms with Crippen molar-refractivity contribution in [3.63, 3.8) is 0 Å². The van der Waals surface area contributed by atoms with E-state index in [2.05, 4.69) is 44.8 Å². The zero-order valence-electron chi connectivity index (χ0n) is 7.89. The molecule has 0 spiro atoms. The summed E-state index contributed by atoms with van der Waals surface area (Å²) in [6.45, 7) is 1.07. The Morgan fingerprint density at radius 1 is 1.21 bits per heavy atom. The van der Waals surface area contributed by atoms with E-state index in [0.29, 0.717) is 6.04 Å². The number of halogens is 1. The van der Waals surface area contributed by atoms with Crippen molar-refractivity contribution in [1.29, 1.82) is 0 Å². The molecule has 1 aromatic carbocycles. The molecule has 1 aliphatic carbocycles. The minimum Gasteiger partial charge on any atom is -0.381 e. The molecule has 1 fully saturated rings. The molecule has 3 rings (SSSR count). The van der Waals surface area contributed by atoms with Crippen LogP contribution in [0.4, 0.5) is 11.4 Å². The molecule has 1 atom stereocenters. The fraction of sp³-hybridized carbons (Fsp3) is 0.455. The highest BCUT2D eigenvalue weighted by Crippen LogP contribution is 2.38. The average Bonchev–Trinajstić information content (AvgIpc) is 3.00. The van der Waals surface area contributed by atoms with Gasteiger partial charge in [-0.05, 0) is 37.0 Å². The van der Waals surface area contributed by atoms with Crippen molar-refractivity contribution in [1.82, 2.24) is 0 Å². The van der Waals surface area contributed by atoms with E-state index in [-0.39, 0.29) is 0 Å². The van der Waals surface area contributed by atoms with Gasteiger partial charge in [-0.15, -0.1) is 0 Å². The van der Waals surface area contributed by atoms with Gasteiger partial charge in [-0.2, -0.15) is 0 Å². The Labute approximate surface area is 92.2 Å². The molecule has 2 aliphatic rings. The lowest BCUT2D eigenvalue weighted by Gasteiger charge is -2.28. The lowest BCUT2D eigenvalue weighted by Crippen LogP contribution is -2.34. The number of rotatable bonds is 1. The van der Waals surface area contributed by atoms with E-state index in [9.17, 15) is 0 Å². The number of hydrogen-bond donors (Lipinski definition) is 2. The van der Waals surface area contributed by atoms with Crippen LogP contribution in [0, 0.1) is 5.92 Å². The summed E-state index contributed by atoms with van der Waals surface area (Å²) >= 11 is 3.50. The molecule has 0 aromatic heterocycles. The Kier molecular flexibility index (Phi) is 1.94. The van der Waals surface area contributed by atoms with Gasteiger partial charge in [-0.1, -0.05) is 15.9 Å². The average molecular weight is 253 g/mol. The summed E-state index contributed by atoms with van der Waals surface area (Å²) in [6.07, 6.45) is 2.78. The van der Waals surface area contributed by atoms with E-state index in [1.807, 2.05) is 0 Å². The Bertz CT molecular complexity index is 360. The summed E-state index contributed by atoms with van der Waals surface area (Å²) in [7, 11) is 0. The van der Waals surface area contributed by atoms with Gasteiger partial charge < -0.3 is 10.6 Å². The van der Waals surface area contributed by atoms with Gasteiger partial charge in [0.2, 0.25) is 0 Å². The van der Waals surface area contributed by atoms with Crippen LogP contribution >= 0.6 is 15.9 Å². The predicted molar refractivity (Wildman–Crippen MR) is 62.8 cm³/mol. The highest BCUT2D eigenvalue weighted by Gasteiger charge is 2.33. The van der Waals surface area contributed by atoms with E-state index in [1.54, 1.807) is 0 Å². The lowest BCUT2D eigenvalue weighted by atomic mass is 10.1. The Hall–Kier alpha value is -0.700. The molecule has 1 aromatic rings. The number of fused-ring (bicyclic) bond motifs is 1. The molecule has 0 radical (unpaired) electrons. The molecular weight excluding hydrogens is 240 g/mol. The maximum atomic E-state index is 3.61. The van der Waals surface area contributed by atoms with E-state index in [0.717, 1.165) is 16.9 Å². The molecule has 1 saturated carbocycles. The molecule has 1 aliphatic heterocycles. The van der Waals surface area contributed by atoms with Gasteiger partial charge in [0, 0.05) is 17.1 Å². The SMILES string of the molecule is Brc1ccc2c(c1)NC(C1CC1)CN2. The fourth-order valence-corrected chi connectivity index (χ4v) is 2.40.